The lowest BCUT2D eigenvalue weighted by Crippen LogP contribution is -2.29. The smallest absolute Gasteiger partial charge is 0.314 e. The second kappa shape index (κ2) is 6.96. The fourth-order valence-electron chi connectivity index (χ4n) is 2.58. The van der Waals surface area contributed by atoms with Crippen molar-refractivity contribution in [2.24, 2.45) is 0 Å². The normalized spacial score (nSPS) is 10.4. The van der Waals surface area contributed by atoms with Gasteiger partial charge in [0, 0.05) is 11.4 Å². The van der Waals surface area contributed by atoms with Gasteiger partial charge < -0.3 is 10.6 Å². The molecule has 0 aliphatic heterocycles. The van der Waals surface area contributed by atoms with E-state index >= 15 is 0 Å². The van der Waals surface area contributed by atoms with Crippen LogP contribution in [-0.2, 0) is 16.0 Å². The molecule has 0 aliphatic carbocycles. The van der Waals surface area contributed by atoms with Gasteiger partial charge in [-0.3, -0.25) is 9.59 Å². The number of para-hydroxylation sites is 1. The molecule has 2 amide bonds. The SMILES string of the molecule is CCc1ccccc1NC(=O)C(=O)Nc1ccc2ccccc2c1. The van der Waals surface area contributed by atoms with Gasteiger partial charge in [-0.1, -0.05) is 55.5 Å². The summed E-state index contributed by atoms with van der Waals surface area (Å²) in [6.45, 7) is 2.00. The Morgan fingerprint density at radius 1 is 0.792 bits per heavy atom. The molecule has 120 valence electrons. The van der Waals surface area contributed by atoms with Crippen LogP contribution in [0, 0.1) is 0 Å². The van der Waals surface area contributed by atoms with Gasteiger partial charge in [0.05, 0.1) is 0 Å². The summed E-state index contributed by atoms with van der Waals surface area (Å²) in [4.78, 5) is 24.3. The van der Waals surface area contributed by atoms with Gasteiger partial charge in [0.1, 0.15) is 0 Å². The van der Waals surface area contributed by atoms with Gasteiger partial charge in [0.2, 0.25) is 0 Å². The van der Waals surface area contributed by atoms with Crippen LogP contribution in [0.15, 0.2) is 66.7 Å². The van der Waals surface area contributed by atoms with E-state index in [0.29, 0.717) is 11.4 Å². The molecule has 0 fully saturated rings. The molecule has 0 atom stereocenters. The molecule has 0 unspecified atom stereocenters. The van der Waals surface area contributed by atoms with Crippen LogP contribution in [0.3, 0.4) is 0 Å². The van der Waals surface area contributed by atoms with Crippen LogP contribution >= 0.6 is 0 Å². The number of amides is 2. The molecule has 0 saturated heterocycles. The summed E-state index contributed by atoms with van der Waals surface area (Å²) in [6, 6.07) is 20.8. The first-order valence-corrected chi connectivity index (χ1v) is 7.86. The summed E-state index contributed by atoms with van der Waals surface area (Å²) in [6.07, 6.45) is 0.781. The molecule has 0 bridgehead atoms. The lowest BCUT2D eigenvalue weighted by molar-refractivity contribution is -0.133. The third-order valence-corrected chi connectivity index (χ3v) is 3.86. The fraction of sp³-hybridized carbons (Fsp3) is 0.100. The van der Waals surface area contributed by atoms with Gasteiger partial charge in [-0.2, -0.15) is 0 Å². The predicted molar refractivity (Wildman–Crippen MR) is 97.0 cm³/mol. The number of carbonyl (C=O) groups excluding carboxylic acids is 2. The monoisotopic (exact) mass is 318 g/mol. The first kappa shape index (κ1) is 15.7. The highest BCUT2D eigenvalue weighted by Crippen LogP contribution is 2.19. The average Bonchev–Trinajstić information content (AvgIpc) is 2.62. The zero-order chi connectivity index (χ0) is 16.9. The van der Waals surface area contributed by atoms with E-state index in [1.165, 1.54) is 0 Å². The topological polar surface area (TPSA) is 58.2 Å². The minimum absolute atomic E-state index is 0.595. The number of rotatable bonds is 3. The highest BCUT2D eigenvalue weighted by molar-refractivity contribution is 6.43. The number of carbonyl (C=O) groups is 2. The van der Waals surface area contributed by atoms with Gasteiger partial charge in [0.15, 0.2) is 0 Å². The molecule has 0 spiro atoms. The van der Waals surface area contributed by atoms with Crippen LogP contribution < -0.4 is 10.6 Å². The molecule has 0 aliphatic rings. The lowest BCUT2D eigenvalue weighted by atomic mass is 10.1. The molecule has 3 aromatic rings. The lowest BCUT2D eigenvalue weighted by Gasteiger charge is -2.10. The second-order valence-corrected chi connectivity index (χ2v) is 5.48. The Labute approximate surface area is 140 Å². The molecule has 0 heterocycles. The molecule has 0 saturated carbocycles. The molecule has 2 N–H and O–H groups in total. The van der Waals surface area contributed by atoms with Crippen molar-refractivity contribution >= 4 is 34.0 Å². The molecule has 4 nitrogen and oxygen atoms in total. The standard InChI is InChI=1S/C20H18N2O2/c1-2-14-7-5-6-10-18(14)22-20(24)19(23)21-17-12-11-15-8-3-4-9-16(15)13-17/h3-13H,2H2,1H3,(H,21,23)(H,22,24). The number of benzene rings is 3. The third-order valence-electron chi connectivity index (χ3n) is 3.86. The summed E-state index contributed by atoms with van der Waals surface area (Å²) < 4.78 is 0. The van der Waals surface area contributed by atoms with Crippen molar-refractivity contribution in [2.45, 2.75) is 13.3 Å². The summed E-state index contributed by atoms with van der Waals surface area (Å²) in [7, 11) is 0. The van der Waals surface area contributed by atoms with Gasteiger partial charge in [-0.15, -0.1) is 0 Å². The molecule has 3 rings (SSSR count). The molecule has 0 aromatic heterocycles. The Balaban J connectivity index is 1.72. The Hall–Kier alpha value is -3.14. The van der Waals surface area contributed by atoms with Crippen LogP contribution in [0.5, 0.6) is 0 Å². The largest absolute Gasteiger partial charge is 0.318 e. The maximum atomic E-state index is 12.1. The highest BCUT2D eigenvalue weighted by Gasteiger charge is 2.15. The number of nitrogens with one attached hydrogen (secondary N) is 2. The summed E-state index contributed by atoms with van der Waals surface area (Å²) >= 11 is 0. The van der Waals surface area contributed by atoms with Crippen LogP contribution in [0.4, 0.5) is 11.4 Å². The quantitative estimate of drug-likeness (QED) is 0.718. The van der Waals surface area contributed by atoms with Crippen LogP contribution in [0.2, 0.25) is 0 Å². The van der Waals surface area contributed by atoms with Crippen LogP contribution in [0.1, 0.15) is 12.5 Å². The molecule has 4 heteroatoms. The average molecular weight is 318 g/mol. The predicted octanol–water partition coefficient (Wildman–Crippen LogP) is 3.98. The third kappa shape index (κ3) is 3.43. The maximum absolute atomic E-state index is 12.1. The Morgan fingerprint density at radius 3 is 2.25 bits per heavy atom. The molecular weight excluding hydrogens is 300 g/mol. The zero-order valence-corrected chi connectivity index (χ0v) is 13.4. The number of hydrogen-bond acceptors (Lipinski definition) is 2. The van der Waals surface area contributed by atoms with E-state index in [4.69, 9.17) is 0 Å². The van der Waals surface area contributed by atoms with Gasteiger partial charge >= 0.3 is 11.8 Å². The van der Waals surface area contributed by atoms with Crippen LogP contribution in [0.25, 0.3) is 10.8 Å². The van der Waals surface area contributed by atoms with Gasteiger partial charge in [0.25, 0.3) is 0 Å². The van der Waals surface area contributed by atoms with Gasteiger partial charge in [-0.25, -0.2) is 0 Å². The number of aryl methyl sites for hydroxylation is 1. The minimum atomic E-state index is -0.684. The highest BCUT2D eigenvalue weighted by atomic mass is 16.2. The second-order valence-electron chi connectivity index (χ2n) is 5.48. The number of hydrogen-bond donors (Lipinski definition) is 2. The number of anilines is 2. The van der Waals surface area contributed by atoms with E-state index in [0.717, 1.165) is 22.8 Å². The van der Waals surface area contributed by atoms with Crippen LogP contribution in [-0.4, -0.2) is 11.8 Å². The van der Waals surface area contributed by atoms with E-state index in [-0.39, 0.29) is 0 Å². The van der Waals surface area contributed by atoms with E-state index in [1.807, 2.05) is 61.5 Å². The molecule has 3 aromatic carbocycles. The fourth-order valence-corrected chi connectivity index (χ4v) is 2.58. The molecule has 24 heavy (non-hydrogen) atoms. The molecule has 0 radical (unpaired) electrons. The van der Waals surface area contributed by atoms with Crippen molar-refractivity contribution in [3.05, 3.63) is 72.3 Å². The van der Waals surface area contributed by atoms with Crippen molar-refractivity contribution in [3.8, 4) is 0 Å². The first-order valence-electron chi connectivity index (χ1n) is 7.86. The van der Waals surface area contributed by atoms with Crippen molar-refractivity contribution in [2.75, 3.05) is 10.6 Å². The van der Waals surface area contributed by atoms with Crippen molar-refractivity contribution in [1.82, 2.24) is 0 Å². The van der Waals surface area contributed by atoms with Gasteiger partial charge in [-0.05, 0) is 41.0 Å². The summed E-state index contributed by atoms with van der Waals surface area (Å²) in [5, 5.41) is 7.40. The molecular formula is C20H18N2O2. The van der Waals surface area contributed by atoms with E-state index < -0.39 is 11.8 Å². The Bertz CT molecular complexity index is 903. The van der Waals surface area contributed by atoms with Crippen molar-refractivity contribution in [3.63, 3.8) is 0 Å². The van der Waals surface area contributed by atoms with Crippen molar-refractivity contribution in [1.29, 1.82) is 0 Å². The van der Waals surface area contributed by atoms with E-state index in [9.17, 15) is 9.59 Å². The Morgan fingerprint density at radius 2 is 1.46 bits per heavy atom. The Kier molecular flexibility index (Phi) is 4.57. The van der Waals surface area contributed by atoms with E-state index in [1.54, 1.807) is 12.1 Å². The number of fused-ring (bicyclic) bond motifs is 1. The minimum Gasteiger partial charge on any atom is -0.318 e. The van der Waals surface area contributed by atoms with E-state index in [2.05, 4.69) is 10.6 Å². The summed E-state index contributed by atoms with van der Waals surface area (Å²) in [5.41, 5.74) is 2.25. The van der Waals surface area contributed by atoms with Crippen molar-refractivity contribution < 1.29 is 9.59 Å². The summed E-state index contributed by atoms with van der Waals surface area (Å²) in [5.74, 6) is -1.36. The maximum Gasteiger partial charge on any atom is 0.314 e. The first-order chi connectivity index (χ1) is 11.7. The zero-order valence-electron chi connectivity index (χ0n) is 13.4.